The second kappa shape index (κ2) is 5.51. The molecule has 1 aliphatic heterocycles. The third-order valence-corrected chi connectivity index (χ3v) is 4.99. The van der Waals surface area contributed by atoms with Crippen molar-refractivity contribution in [3.63, 3.8) is 0 Å². The van der Waals surface area contributed by atoms with Crippen molar-refractivity contribution < 1.29 is 17.9 Å². The summed E-state index contributed by atoms with van der Waals surface area (Å²) >= 11 is 0. The van der Waals surface area contributed by atoms with Gasteiger partial charge < -0.3 is 10.1 Å². The molecular formula is C13H14N2O4S. The van der Waals surface area contributed by atoms with Crippen molar-refractivity contribution in [1.29, 1.82) is 5.26 Å². The van der Waals surface area contributed by atoms with Crippen LogP contribution in [0, 0.1) is 17.2 Å². The van der Waals surface area contributed by atoms with E-state index in [-0.39, 0.29) is 22.8 Å². The fraction of sp³-hybridized carbons (Fsp3) is 0.385. The molecule has 1 aliphatic rings. The molecule has 1 amide bonds. The summed E-state index contributed by atoms with van der Waals surface area (Å²) in [5.74, 6) is -0.709. The van der Waals surface area contributed by atoms with Crippen LogP contribution in [0.4, 0.5) is 5.69 Å². The molecule has 0 bridgehead atoms. The molecule has 1 unspecified atom stereocenters. The molecule has 1 N–H and O–H groups in total. The van der Waals surface area contributed by atoms with Crippen molar-refractivity contribution in [3.05, 3.63) is 23.8 Å². The molecule has 106 valence electrons. The molecular weight excluding hydrogens is 280 g/mol. The number of methoxy groups -OCH3 is 1. The molecule has 0 spiro atoms. The first-order chi connectivity index (χ1) is 9.46. The summed E-state index contributed by atoms with van der Waals surface area (Å²) in [7, 11) is -1.68. The Morgan fingerprint density at radius 1 is 1.50 bits per heavy atom. The molecule has 7 heteroatoms. The number of hydrogen-bond acceptors (Lipinski definition) is 5. The summed E-state index contributed by atoms with van der Waals surface area (Å²) in [6, 6.07) is 6.80. The second-order valence-corrected chi connectivity index (χ2v) is 6.81. The number of ether oxygens (including phenoxy) is 1. The van der Waals surface area contributed by atoms with Crippen LogP contribution in [0.1, 0.15) is 12.0 Å². The number of rotatable bonds is 3. The van der Waals surface area contributed by atoms with Crippen LogP contribution >= 0.6 is 0 Å². The Morgan fingerprint density at radius 3 is 2.80 bits per heavy atom. The molecule has 1 atom stereocenters. The van der Waals surface area contributed by atoms with Crippen molar-refractivity contribution >= 4 is 21.4 Å². The molecule has 1 fully saturated rings. The minimum absolute atomic E-state index is 0.0299. The summed E-state index contributed by atoms with van der Waals surface area (Å²) in [5.41, 5.74) is 0.561. The molecule has 1 heterocycles. The van der Waals surface area contributed by atoms with Gasteiger partial charge in [-0.2, -0.15) is 5.26 Å². The Morgan fingerprint density at radius 2 is 2.25 bits per heavy atom. The van der Waals surface area contributed by atoms with Crippen molar-refractivity contribution in [3.8, 4) is 11.8 Å². The van der Waals surface area contributed by atoms with Crippen LogP contribution in [-0.2, 0) is 14.6 Å². The maximum absolute atomic E-state index is 12.1. The number of nitriles is 1. The van der Waals surface area contributed by atoms with Gasteiger partial charge in [0.05, 0.1) is 30.1 Å². The van der Waals surface area contributed by atoms with Gasteiger partial charge in [0, 0.05) is 0 Å². The lowest BCUT2D eigenvalue weighted by Gasteiger charge is -2.13. The molecule has 1 aromatic rings. The number of nitrogens with one attached hydrogen (secondary N) is 1. The Bertz CT molecular complexity index is 676. The summed E-state index contributed by atoms with van der Waals surface area (Å²) in [6.07, 6.45) is 0.311. The van der Waals surface area contributed by atoms with Gasteiger partial charge in [0.2, 0.25) is 5.91 Å². The van der Waals surface area contributed by atoms with E-state index in [0.717, 1.165) is 0 Å². The van der Waals surface area contributed by atoms with Crippen LogP contribution in [0.25, 0.3) is 0 Å². The topological polar surface area (TPSA) is 96.3 Å². The fourth-order valence-electron chi connectivity index (χ4n) is 2.15. The lowest BCUT2D eigenvalue weighted by molar-refractivity contribution is -0.119. The van der Waals surface area contributed by atoms with E-state index in [2.05, 4.69) is 5.32 Å². The van der Waals surface area contributed by atoms with E-state index in [4.69, 9.17) is 10.00 Å². The van der Waals surface area contributed by atoms with Crippen molar-refractivity contribution in [1.82, 2.24) is 0 Å². The molecule has 0 saturated carbocycles. The monoisotopic (exact) mass is 294 g/mol. The number of hydrogen-bond donors (Lipinski definition) is 1. The highest BCUT2D eigenvalue weighted by molar-refractivity contribution is 7.91. The predicted octanol–water partition coefficient (Wildman–Crippen LogP) is 0.940. The first kappa shape index (κ1) is 14.3. The Hall–Kier alpha value is -2.07. The average molecular weight is 294 g/mol. The largest absolute Gasteiger partial charge is 0.495 e. The highest BCUT2D eigenvalue weighted by Gasteiger charge is 2.33. The zero-order chi connectivity index (χ0) is 14.8. The summed E-state index contributed by atoms with van der Waals surface area (Å²) in [5, 5.41) is 11.7. The number of sulfone groups is 1. The van der Waals surface area contributed by atoms with E-state index in [9.17, 15) is 13.2 Å². The Labute approximate surface area is 117 Å². The SMILES string of the molecule is COc1cccc(C#N)c1NC(=O)C1CCS(=O)(=O)C1. The third-order valence-electron chi connectivity index (χ3n) is 3.22. The number of nitrogens with zero attached hydrogens (tertiary/aromatic N) is 1. The van der Waals surface area contributed by atoms with Gasteiger partial charge in [-0.1, -0.05) is 6.07 Å². The molecule has 6 nitrogen and oxygen atoms in total. The first-order valence-electron chi connectivity index (χ1n) is 6.05. The van der Waals surface area contributed by atoms with Crippen molar-refractivity contribution in [2.75, 3.05) is 23.9 Å². The van der Waals surface area contributed by atoms with Crippen LogP contribution in [0.5, 0.6) is 5.75 Å². The van der Waals surface area contributed by atoms with Gasteiger partial charge in [-0.05, 0) is 18.6 Å². The van der Waals surface area contributed by atoms with Crippen LogP contribution in [0.15, 0.2) is 18.2 Å². The Kier molecular flexibility index (Phi) is 3.95. The zero-order valence-electron chi connectivity index (χ0n) is 10.9. The molecule has 20 heavy (non-hydrogen) atoms. The second-order valence-electron chi connectivity index (χ2n) is 4.58. The Balaban J connectivity index is 2.22. The highest BCUT2D eigenvalue weighted by Crippen LogP contribution is 2.29. The third kappa shape index (κ3) is 2.91. The van der Waals surface area contributed by atoms with Crippen LogP contribution in [0.2, 0.25) is 0 Å². The maximum Gasteiger partial charge on any atom is 0.228 e. The molecule has 1 saturated heterocycles. The molecule has 0 aromatic heterocycles. The minimum atomic E-state index is -3.12. The van der Waals surface area contributed by atoms with E-state index >= 15 is 0 Å². The van der Waals surface area contributed by atoms with Gasteiger partial charge in [-0.3, -0.25) is 4.79 Å². The van der Waals surface area contributed by atoms with Gasteiger partial charge in [0.1, 0.15) is 17.5 Å². The zero-order valence-corrected chi connectivity index (χ0v) is 11.7. The number of benzene rings is 1. The fourth-order valence-corrected chi connectivity index (χ4v) is 3.89. The van der Waals surface area contributed by atoms with Gasteiger partial charge in [-0.25, -0.2) is 8.42 Å². The number of anilines is 1. The van der Waals surface area contributed by atoms with E-state index in [0.29, 0.717) is 12.2 Å². The van der Waals surface area contributed by atoms with Crippen LogP contribution in [0.3, 0.4) is 0 Å². The lowest BCUT2D eigenvalue weighted by atomic mass is 10.1. The van der Waals surface area contributed by atoms with E-state index < -0.39 is 21.7 Å². The van der Waals surface area contributed by atoms with Crippen molar-refractivity contribution in [2.24, 2.45) is 5.92 Å². The van der Waals surface area contributed by atoms with Gasteiger partial charge >= 0.3 is 0 Å². The molecule has 2 rings (SSSR count). The smallest absolute Gasteiger partial charge is 0.228 e. The van der Waals surface area contributed by atoms with E-state index in [1.54, 1.807) is 18.2 Å². The highest BCUT2D eigenvalue weighted by atomic mass is 32.2. The number of carbonyl (C=O) groups is 1. The maximum atomic E-state index is 12.1. The quantitative estimate of drug-likeness (QED) is 0.895. The summed E-state index contributed by atoms with van der Waals surface area (Å²) in [4.78, 5) is 12.1. The minimum Gasteiger partial charge on any atom is -0.495 e. The van der Waals surface area contributed by atoms with Crippen molar-refractivity contribution in [2.45, 2.75) is 6.42 Å². The lowest BCUT2D eigenvalue weighted by Crippen LogP contribution is -2.24. The van der Waals surface area contributed by atoms with Gasteiger partial charge in [0.25, 0.3) is 0 Å². The van der Waals surface area contributed by atoms with Crippen LogP contribution < -0.4 is 10.1 Å². The predicted molar refractivity (Wildman–Crippen MR) is 73.1 cm³/mol. The molecule has 1 aromatic carbocycles. The number of carbonyl (C=O) groups excluding carboxylic acids is 1. The molecule has 0 aliphatic carbocycles. The first-order valence-corrected chi connectivity index (χ1v) is 7.87. The standard InChI is InChI=1S/C13H14N2O4S/c1-19-11-4-2-3-9(7-14)12(11)15-13(16)10-5-6-20(17,18)8-10/h2-4,10H,5-6,8H2,1H3,(H,15,16). The van der Waals surface area contributed by atoms with Crippen LogP contribution in [-0.4, -0.2) is 32.9 Å². The van der Waals surface area contributed by atoms with Gasteiger partial charge in [-0.15, -0.1) is 0 Å². The van der Waals surface area contributed by atoms with Gasteiger partial charge in [0.15, 0.2) is 9.84 Å². The summed E-state index contributed by atoms with van der Waals surface area (Å²) in [6.45, 7) is 0. The number of amides is 1. The normalized spacial score (nSPS) is 20.1. The average Bonchev–Trinajstić information content (AvgIpc) is 2.79. The molecule has 0 radical (unpaired) electrons. The number of para-hydroxylation sites is 1. The van der Waals surface area contributed by atoms with E-state index in [1.165, 1.54) is 7.11 Å². The summed E-state index contributed by atoms with van der Waals surface area (Å²) < 4.78 is 27.9. The van der Waals surface area contributed by atoms with E-state index in [1.807, 2.05) is 6.07 Å².